The first-order valence-electron chi connectivity index (χ1n) is 6.71. The van der Waals surface area contributed by atoms with Crippen molar-refractivity contribution in [1.29, 1.82) is 0 Å². The molecule has 0 amide bonds. The lowest BCUT2D eigenvalue weighted by Gasteiger charge is -2.20. The Kier molecular flexibility index (Phi) is 4.44. The van der Waals surface area contributed by atoms with Crippen LogP contribution in [0.3, 0.4) is 0 Å². The van der Waals surface area contributed by atoms with Gasteiger partial charge >= 0.3 is 5.97 Å². The highest BCUT2D eigenvalue weighted by molar-refractivity contribution is 7.89. The third kappa shape index (κ3) is 3.37. The Hall–Kier alpha value is -1.41. The average molecular weight is 301 g/mol. The van der Waals surface area contributed by atoms with E-state index in [0.717, 1.165) is 30.4 Å². The van der Waals surface area contributed by atoms with E-state index in [1.807, 2.05) is 6.92 Å². The van der Waals surface area contributed by atoms with E-state index in [1.165, 1.54) is 16.7 Å². The van der Waals surface area contributed by atoms with Crippen molar-refractivity contribution >= 4 is 16.0 Å². The van der Waals surface area contributed by atoms with Crippen molar-refractivity contribution in [2.45, 2.75) is 50.1 Å². The minimum atomic E-state index is -3.57. The van der Waals surface area contributed by atoms with Gasteiger partial charge in [0.2, 0.25) is 10.0 Å². The van der Waals surface area contributed by atoms with Crippen LogP contribution in [0, 0.1) is 0 Å². The second-order valence-electron chi connectivity index (χ2n) is 4.97. The lowest BCUT2D eigenvalue weighted by Crippen LogP contribution is -2.33. The van der Waals surface area contributed by atoms with Crippen LogP contribution >= 0.6 is 0 Å². The van der Waals surface area contributed by atoms with Crippen LogP contribution in [0.5, 0.6) is 0 Å². The molecule has 2 rings (SSSR count). The van der Waals surface area contributed by atoms with Gasteiger partial charge in [0.15, 0.2) is 0 Å². The summed E-state index contributed by atoms with van der Waals surface area (Å²) in [7, 11) is -3.57. The van der Waals surface area contributed by atoms with Crippen molar-refractivity contribution in [2.24, 2.45) is 0 Å². The third-order valence-corrected chi connectivity index (χ3v) is 5.10. The first-order valence-corrected chi connectivity index (χ1v) is 8.15. The molecule has 0 unspecified atom stereocenters. The maximum absolute atomic E-state index is 12.5. The van der Waals surface area contributed by atoms with Crippen LogP contribution in [-0.4, -0.2) is 46.2 Å². The maximum Gasteiger partial charge on any atom is 0.325 e. The molecular weight excluding hydrogens is 282 g/mol. The van der Waals surface area contributed by atoms with E-state index in [4.69, 9.17) is 5.11 Å². The quantitative estimate of drug-likeness (QED) is 0.771. The summed E-state index contributed by atoms with van der Waals surface area (Å²) in [4.78, 5) is 10.7. The van der Waals surface area contributed by atoms with Crippen molar-refractivity contribution < 1.29 is 18.3 Å². The molecule has 1 heterocycles. The molecule has 1 aliphatic rings. The van der Waals surface area contributed by atoms with E-state index in [9.17, 15) is 13.2 Å². The Morgan fingerprint density at radius 3 is 2.80 bits per heavy atom. The summed E-state index contributed by atoms with van der Waals surface area (Å²) in [5.41, 5.74) is 0. The molecule has 20 heavy (non-hydrogen) atoms. The zero-order valence-electron chi connectivity index (χ0n) is 11.4. The zero-order valence-corrected chi connectivity index (χ0v) is 12.2. The number of aromatic nitrogens is 2. The first kappa shape index (κ1) is 15.0. The molecule has 7 nitrogen and oxygen atoms in total. The predicted molar refractivity (Wildman–Crippen MR) is 71.7 cm³/mol. The van der Waals surface area contributed by atoms with Crippen LogP contribution < -0.4 is 0 Å². The minimum absolute atomic E-state index is 0.0711. The van der Waals surface area contributed by atoms with E-state index in [2.05, 4.69) is 5.10 Å². The Morgan fingerprint density at radius 2 is 2.25 bits per heavy atom. The van der Waals surface area contributed by atoms with Crippen LogP contribution in [0.4, 0.5) is 0 Å². The van der Waals surface area contributed by atoms with Crippen molar-refractivity contribution in [3.05, 3.63) is 12.4 Å². The predicted octanol–water partition coefficient (Wildman–Crippen LogP) is 0.921. The van der Waals surface area contributed by atoms with Gasteiger partial charge in [0, 0.05) is 18.8 Å². The van der Waals surface area contributed by atoms with E-state index in [1.54, 1.807) is 0 Å². The molecule has 0 spiro atoms. The lowest BCUT2D eigenvalue weighted by atomic mass is 10.3. The van der Waals surface area contributed by atoms with Gasteiger partial charge in [0.1, 0.15) is 11.4 Å². The molecule has 0 saturated heterocycles. The number of unbranched alkanes of at least 4 members (excludes halogenated alkanes) is 1. The summed E-state index contributed by atoms with van der Waals surface area (Å²) in [6, 6.07) is 0.0920. The van der Waals surface area contributed by atoms with Crippen molar-refractivity contribution in [1.82, 2.24) is 14.1 Å². The maximum atomic E-state index is 12.5. The molecule has 0 atom stereocenters. The fourth-order valence-corrected chi connectivity index (χ4v) is 3.69. The Labute approximate surface area is 118 Å². The SMILES string of the molecule is CCCCN(C1CC1)S(=O)(=O)c1cnn(CC(=O)O)c1. The van der Waals surface area contributed by atoms with Crippen LogP contribution in [-0.2, 0) is 21.4 Å². The standard InChI is InChI=1S/C12H19N3O4S/c1-2-3-6-15(10-4-5-10)20(18,19)11-7-13-14(8-11)9-12(16)17/h7-8,10H,2-6,9H2,1H3,(H,16,17). The Bertz CT molecular complexity index is 577. The molecule has 1 aliphatic carbocycles. The smallest absolute Gasteiger partial charge is 0.325 e. The fourth-order valence-electron chi connectivity index (χ4n) is 2.01. The van der Waals surface area contributed by atoms with Gasteiger partial charge in [0.05, 0.1) is 6.20 Å². The van der Waals surface area contributed by atoms with Crippen LogP contribution in [0.1, 0.15) is 32.6 Å². The van der Waals surface area contributed by atoms with Crippen molar-refractivity contribution in [2.75, 3.05) is 6.54 Å². The normalized spacial score (nSPS) is 15.7. The number of carbonyl (C=O) groups is 1. The summed E-state index contributed by atoms with van der Waals surface area (Å²) in [5.74, 6) is -1.05. The minimum Gasteiger partial charge on any atom is -0.480 e. The van der Waals surface area contributed by atoms with Crippen molar-refractivity contribution in [3.63, 3.8) is 0 Å². The number of hydrogen-bond acceptors (Lipinski definition) is 4. The molecule has 1 aromatic rings. The van der Waals surface area contributed by atoms with Gasteiger partial charge in [-0.15, -0.1) is 0 Å². The number of carboxylic acid groups (broad SMARTS) is 1. The molecule has 1 saturated carbocycles. The van der Waals surface area contributed by atoms with Gasteiger partial charge in [0.25, 0.3) is 0 Å². The molecule has 8 heteroatoms. The largest absolute Gasteiger partial charge is 0.480 e. The average Bonchev–Trinajstić information content (AvgIpc) is 3.08. The number of carboxylic acids is 1. The van der Waals surface area contributed by atoms with E-state index in [-0.39, 0.29) is 17.5 Å². The molecule has 112 valence electrons. The molecule has 1 aromatic heterocycles. The summed E-state index contributed by atoms with van der Waals surface area (Å²) >= 11 is 0. The summed E-state index contributed by atoms with van der Waals surface area (Å²) in [5, 5.41) is 12.5. The van der Waals surface area contributed by atoms with Gasteiger partial charge in [-0.05, 0) is 19.3 Å². The molecule has 0 bridgehead atoms. The van der Waals surface area contributed by atoms with Crippen LogP contribution in [0.2, 0.25) is 0 Å². The fraction of sp³-hybridized carbons (Fsp3) is 0.667. The Balaban J connectivity index is 2.18. The number of aliphatic carboxylic acids is 1. The van der Waals surface area contributed by atoms with Gasteiger partial charge < -0.3 is 5.11 Å². The Morgan fingerprint density at radius 1 is 1.55 bits per heavy atom. The van der Waals surface area contributed by atoms with Gasteiger partial charge in [-0.1, -0.05) is 13.3 Å². The van der Waals surface area contributed by atoms with Crippen LogP contribution in [0.15, 0.2) is 17.3 Å². The highest BCUT2D eigenvalue weighted by atomic mass is 32.2. The van der Waals surface area contributed by atoms with E-state index < -0.39 is 16.0 Å². The summed E-state index contributed by atoms with van der Waals surface area (Å²) in [6.07, 6.45) is 6.04. The monoisotopic (exact) mass is 301 g/mol. The molecule has 1 N–H and O–H groups in total. The summed E-state index contributed by atoms with van der Waals surface area (Å²) < 4.78 is 27.7. The first-order chi connectivity index (χ1) is 9.45. The topological polar surface area (TPSA) is 92.5 Å². The van der Waals surface area contributed by atoms with Crippen molar-refractivity contribution in [3.8, 4) is 0 Å². The zero-order chi connectivity index (χ0) is 14.8. The van der Waals surface area contributed by atoms with Gasteiger partial charge in [-0.3, -0.25) is 9.48 Å². The second kappa shape index (κ2) is 5.92. The highest BCUT2D eigenvalue weighted by Crippen LogP contribution is 2.32. The third-order valence-electron chi connectivity index (χ3n) is 3.20. The highest BCUT2D eigenvalue weighted by Gasteiger charge is 2.38. The molecular formula is C12H19N3O4S. The number of sulfonamides is 1. The number of nitrogens with zero attached hydrogens (tertiary/aromatic N) is 3. The molecule has 0 aliphatic heterocycles. The van der Waals surface area contributed by atoms with E-state index in [0.29, 0.717) is 6.54 Å². The molecule has 0 radical (unpaired) electrons. The van der Waals surface area contributed by atoms with E-state index >= 15 is 0 Å². The van der Waals surface area contributed by atoms with Gasteiger partial charge in [-0.25, -0.2) is 8.42 Å². The number of rotatable bonds is 8. The molecule has 1 fully saturated rings. The lowest BCUT2D eigenvalue weighted by molar-refractivity contribution is -0.137. The molecule has 0 aromatic carbocycles. The second-order valence-corrected chi connectivity index (χ2v) is 6.86. The number of hydrogen-bond donors (Lipinski definition) is 1. The van der Waals surface area contributed by atoms with Gasteiger partial charge in [-0.2, -0.15) is 9.40 Å². The van der Waals surface area contributed by atoms with Crippen LogP contribution in [0.25, 0.3) is 0 Å². The summed E-state index contributed by atoms with van der Waals surface area (Å²) in [6.45, 7) is 2.18.